The van der Waals surface area contributed by atoms with E-state index in [2.05, 4.69) is 37.5 Å². The largest absolute Gasteiger partial charge is 0.346 e. The van der Waals surface area contributed by atoms with Crippen molar-refractivity contribution >= 4 is 40.6 Å². The van der Waals surface area contributed by atoms with Gasteiger partial charge in [-0.15, -0.1) is 11.3 Å². The predicted octanol–water partition coefficient (Wildman–Crippen LogP) is 2.23. The average molecular weight is 358 g/mol. The maximum Gasteiger partial charge on any atom is 0.222 e. The number of hydrogen-bond acceptors (Lipinski definition) is 6. The Morgan fingerprint density at radius 3 is 2.60 bits per heavy atom. The molecule has 0 aliphatic carbocycles. The second-order valence-electron chi connectivity index (χ2n) is 4.91. The topological polar surface area (TPSA) is 108 Å². The van der Waals surface area contributed by atoms with Crippen molar-refractivity contribution in [2.75, 3.05) is 17.7 Å². The van der Waals surface area contributed by atoms with Gasteiger partial charge in [0.2, 0.25) is 11.8 Å². The maximum absolute atomic E-state index is 11.5. The van der Waals surface area contributed by atoms with Crippen molar-refractivity contribution < 1.29 is 9.59 Å². The number of nitrogens with one attached hydrogen (secondary N) is 3. The van der Waals surface area contributed by atoms with E-state index in [1.165, 1.54) is 31.4 Å². The van der Waals surface area contributed by atoms with Crippen LogP contribution in [0, 0.1) is 0 Å². The molecular weight excluding hydrogens is 340 g/mol. The number of pyridine rings is 1. The van der Waals surface area contributed by atoms with E-state index in [0.29, 0.717) is 27.4 Å². The predicted molar refractivity (Wildman–Crippen MR) is 99.7 cm³/mol. The van der Waals surface area contributed by atoms with Crippen LogP contribution >= 0.6 is 11.3 Å². The molecule has 2 amide bonds. The number of aliphatic imine (C=N–C) groups is 1. The molecule has 25 heavy (non-hydrogen) atoms. The molecule has 0 saturated heterocycles. The van der Waals surface area contributed by atoms with Crippen LogP contribution in [0.5, 0.6) is 0 Å². The molecule has 0 saturated carbocycles. The third-order valence-corrected chi connectivity index (χ3v) is 4.02. The Morgan fingerprint density at radius 1 is 1.28 bits per heavy atom. The maximum atomic E-state index is 11.5. The Labute approximate surface area is 149 Å². The fourth-order valence-electron chi connectivity index (χ4n) is 2.00. The lowest BCUT2D eigenvalue weighted by Gasteiger charge is -2.04. The minimum Gasteiger partial charge on any atom is -0.346 e. The molecule has 0 radical (unpaired) electrons. The molecule has 130 valence electrons. The first kappa shape index (κ1) is 18.3. The molecule has 0 aliphatic rings. The second-order valence-corrected chi connectivity index (χ2v) is 5.91. The van der Waals surface area contributed by atoms with Crippen molar-refractivity contribution in [3.05, 3.63) is 36.0 Å². The average Bonchev–Trinajstić information content (AvgIpc) is 2.95. The first-order valence-corrected chi connectivity index (χ1v) is 8.13. The number of carbonyl (C=O) groups is 2. The molecule has 0 spiro atoms. The molecule has 0 fully saturated rings. The van der Waals surface area contributed by atoms with E-state index in [1.807, 2.05) is 0 Å². The van der Waals surface area contributed by atoms with Crippen LogP contribution in [0.15, 0.2) is 36.1 Å². The summed E-state index contributed by atoms with van der Waals surface area (Å²) in [5, 5.41) is 8.91. The second kappa shape index (κ2) is 8.15. The molecule has 2 rings (SSSR count). The Balaban J connectivity index is 2.48. The van der Waals surface area contributed by atoms with Crippen molar-refractivity contribution in [3.63, 3.8) is 0 Å². The number of amides is 2. The Morgan fingerprint density at radius 2 is 2.00 bits per heavy atom. The van der Waals surface area contributed by atoms with E-state index in [4.69, 9.17) is 0 Å². The molecule has 0 atom stereocenters. The standard InChI is InChI=1S/C16H18N6O2S/c1-5-18-14(17-4)13-15(21-10(3)24)22-16(25-13)11-6-7-19-12(8-11)20-9(2)23/h5-8H,1H2,2-4H3,(H,17,18)(H,21,24)(H,19,20,23). The lowest BCUT2D eigenvalue weighted by Crippen LogP contribution is -2.19. The van der Waals surface area contributed by atoms with Crippen LogP contribution in [0.3, 0.4) is 0 Å². The summed E-state index contributed by atoms with van der Waals surface area (Å²) >= 11 is 1.35. The summed E-state index contributed by atoms with van der Waals surface area (Å²) in [5.41, 5.74) is 0.760. The van der Waals surface area contributed by atoms with Crippen molar-refractivity contribution in [1.29, 1.82) is 0 Å². The zero-order chi connectivity index (χ0) is 18.4. The fourth-order valence-corrected chi connectivity index (χ4v) is 3.01. The Bertz CT molecular complexity index is 843. The van der Waals surface area contributed by atoms with Crippen molar-refractivity contribution in [2.24, 2.45) is 4.99 Å². The molecule has 0 aliphatic heterocycles. The lowest BCUT2D eigenvalue weighted by molar-refractivity contribution is -0.115. The molecular formula is C16H18N6O2S. The molecule has 2 aromatic rings. The molecule has 2 aromatic heterocycles. The minimum atomic E-state index is -0.235. The minimum absolute atomic E-state index is 0.209. The highest BCUT2D eigenvalue weighted by atomic mass is 32.1. The summed E-state index contributed by atoms with van der Waals surface area (Å²) in [4.78, 5) is 36.1. The van der Waals surface area contributed by atoms with Crippen molar-refractivity contribution in [1.82, 2.24) is 15.3 Å². The Kier molecular flexibility index (Phi) is 5.96. The zero-order valence-electron chi connectivity index (χ0n) is 14.1. The molecule has 8 nitrogen and oxygen atoms in total. The van der Waals surface area contributed by atoms with Crippen molar-refractivity contribution in [2.45, 2.75) is 13.8 Å². The quantitative estimate of drug-likeness (QED) is 0.561. The monoisotopic (exact) mass is 358 g/mol. The van der Waals surface area contributed by atoms with Gasteiger partial charge in [0, 0.05) is 32.7 Å². The summed E-state index contributed by atoms with van der Waals surface area (Å²) in [5.74, 6) is 0.926. The van der Waals surface area contributed by atoms with Crippen LogP contribution in [0.2, 0.25) is 0 Å². The van der Waals surface area contributed by atoms with E-state index in [1.54, 1.807) is 25.4 Å². The number of rotatable bonds is 5. The number of nitrogens with zero attached hydrogens (tertiary/aromatic N) is 3. The van der Waals surface area contributed by atoms with Gasteiger partial charge < -0.3 is 16.0 Å². The van der Waals surface area contributed by atoms with Crippen LogP contribution in [0.4, 0.5) is 11.6 Å². The van der Waals surface area contributed by atoms with Gasteiger partial charge >= 0.3 is 0 Å². The smallest absolute Gasteiger partial charge is 0.222 e. The summed E-state index contributed by atoms with van der Waals surface area (Å²) in [6, 6.07) is 3.49. The molecule has 0 bridgehead atoms. The number of amidine groups is 1. The molecule has 0 unspecified atom stereocenters. The van der Waals surface area contributed by atoms with Gasteiger partial charge in [0.05, 0.1) is 0 Å². The number of thiazole rings is 1. The summed E-state index contributed by atoms with van der Waals surface area (Å²) in [7, 11) is 1.63. The Hall–Kier alpha value is -3.07. The fraction of sp³-hybridized carbons (Fsp3) is 0.188. The highest BCUT2D eigenvalue weighted by molar-refractivity contribution is 7.17. The van der Waals surface area contributed by atoms with E-state index in [9.17, 15) is 9.59 Å². The molecule has 9 heteroatoms. The van der Waals surface area contributed by atoms with Gasteiger partial charge in [-0.3, -0.25) is 14.6 Å². The third-order valence-electron chi connectivity index (χ3n) is 2.91. The molecule has 3 N–H and O–H groups in total. The number of carbonyl (C=O) groups excluding carboxylic acids is 2. The summed E-state index contributed by atoms with van der Waals surface area (Å²) < 4.78 is 0. The van der Waals surface area contributed by atoms with Crippen LogP contribution in [0.25, 0.3) is 10.6 Å². The first-order valence-electron chi connectivity index (χ1n) is 7.31. The van der Waals surface area contributed by atoms with Crippen LogP contribution in [-0.2, 0) is 9.59 Å². The SMILES string of the molecule is C=CNC(=NC)c1sc(-c2ccnc(NC(C)=O)c2)nc1NC(C)=O. The molecule has 2 heterocycles. The van der Waals surface area contributed by atoms with E-state index in [-0.39, 0.29) is 11.8 Å². The van der Waals surface area contributed by atoms with E-state index in [0.717, 1.165) is 5.56 Å². The zero-order valence-corrected chi connectivity index (χ0v) is 14.9. The first-order chi connectivity index (χ1) is 11.9. The van der Waals surface area contributed by atoms with Gasteiger partial charge in [0.25, 0.3) is 0 Å². The van der Waals surface area contributed by atoms with Crippen LogP contribution in [-0.4, -0.2) is 34.7 Å². The number of anilines is 2. The van der Waals surface area contributed by atoms with Crippen molar-refractivity contribution in [3.8, 4) is 10.6 Å². The van der Waals surface area contributed by atoms with E-state index < -0.39 is 0 Å². The van der Waals surface area contributed by atoms with Gasteiger partial charge in [0.15, 0.2) is 5.82 Å². The highest BCUT2D eigenvalue weighted by Gasteiger charge is 2.18. The van der Waals surface area contributed by atoms with Gasteiger partial charge in [-0.1, -0.05) is 6.58 Å². The summed E-state index contributed by atoms with van der Waals surface area (Å²) in [6.45, 7) is 6.45. The number of hydrogen-bond donors (Lipinski definition) is 3. The molecule has 0 aromatic carbocycles. The van der Waals surface area contributed by atoms with Gasteiger partial charge in [-0.25, -0.2) is 9.97 Å². The van der Waals surface area contributed by atoms with E-state index >= 15 is 0 Å². The van der Waals surface area contributed by atoms with Crippen LogP contribution in [0.1, 0.15) is 18.7 Å². The lowest BCUT2D eigenvalue weighted by atomic mass is 10.2. The van der Waals surface area contributed by atoms with Crippen LogP contribution < -0.4 is 16.0 Å². The van der Waals surface area contributed by atoms with Gasteiger partial charge in [0.1, 0.15) is 21.5 Å². The van der Waals surface area contributed by atoms with Gasteiger partial charge in [-0.2, -0.15) is 0 Å². The number of aromatic nitrogens is 2. The normalized spacial score (nSPS) is 10.9. The third kappa shape index (κ3) is 4.70. The summed E-state index contributed by atoms with van der Waals surface area (Å²) in [6.07, 6.45) is 3.08. The highest BCUT2D eigenvalue weighted by Crippen LogP contribution is 2.32. The van der Waals surface area contributed by atoms with Gasteiger partial charge in [-0.05, 0) is 18.3 Å².